The molecule has 0 radical (unpaired) electrons. The monoisotopic (exact) mass is 466 g/mol. The standard InChI is InChI=1S/C8H3F6.CH3.U/c9-7(10,11)5-2-1-3-6(4-5)8(12,13)14;;/h2-4H;1H3;/q2*-1;+2. The van der Waals surface area contributed by atoms with Gasteiger partial charge in [0.1, 0.15) is 0 Å². The molecule has 0 bridgehead atoms. The van der Waals surface area contributed by atoms with Gasteiger partial charge in [-0.2, -0.15) is 44.5 Å². The minimum absolute atomic E-state index is 0. The molecule has 0 fully saturated rings. The maximum absolute atomic E-state index is 12.0. The fourth-order valence-corrected chi connectivity index (χ4v) is 0.799. The van der Waals surface area contributed by atoms with E-state index in [1.165, 1.54) is 0 Å². The van der Waals surface area contributed by atoms with E-state index in [2.05, 4.69) is 0 Å². The van der Waals surface area contributed by atoms with Crippen LogP contribution in [0.15, 0.2) is 18.2 Å². The molecule has 88 valence electrons. The first kappa shape index (κ1) is 18.2. The summed E-state index contributed by atoms with van der Waals surface area (Å²) in [6.45, 7) is 0. The Bertz CT molecular complexity index is 298. The van der Waals surface area contributed by atoms with E-state index in [1.54, 1.807) is 6.07 Å². The third-order valence-corrected chi connectivity index (χ3v) is 1.44. The van der Waals surface area contributed by atoms with Gasteiger partial charge in [-0.15, -0.1) is 6.07 Å². The van der Waals surface area contributed by atoms with Gasteiger partial charge in [0.25, 0.3) is 0 Å². The number of rotatable bonds is 0. The molecule has 0 aliphatic heterocycles. The molecule has 0 saturated heterocycles. The largest absolute Gasteiger partial charge is 2.00 e. The van der Waals surface area contributed by atoms with Gasteiger partial charge < -0.3 is 7.43 Å². The van der Waals surface area contributed by atoms with Gasteiger partial charge in [-0.05, 0) is 0 Å². The van der Waals surface area contributed by atoms with Gasteiger partial charge in [0, 0.05) is 0 Å². The van der Waals surface area contributed by atoms with Crippen molar-refractivity contribution in [3.05, 3.63) is 42.8 Å². The average molecular weight is 466 g/mol. The van der Waals surface area contributed by atoms with Crippen LogP contribution in [0.3, 0.4) is 0 Å². The Labute approximate surface area is 112 Å². The van der Waals surface area contributed by atoms with Crippen molar-refractivity contribution in [2.75, 3.05) is 0 Å². The van der Waals surface area contributed by atoms with Crippen molar-refractivity contribution >= 4 is 0 Å². The molecule has 0 atom stereocenters. The van der Waals surface area contributed by atoms with Crippen LogP contribution >= 0.6 is 0 Å². The Kier molecular flexibility index (Phi) is 6.80. The zero-order valence-electron chi connectivity index (χ0n) is 8.00. The van der Waals surface area contributed by atoms with E-state index in [4.69, 9.17) is 0 Å². The third-order valence-electron chi connectivity index (χ3n) is 1.44. The second kappa shape index (κ2) is 5.97. The van der Waals surface area contributed by atoms with Gasteiger partial charge in [-0.1, -0.05) is 11.1 Å². The second-order valence-electron chi connectivity index (χ2n) is 2.51. The van der Waals surface area contributed by atoms with Crippen LogP contribution in [0.5, 0.6) is 0 Å². The molecule has 1 aromatic rings. The van der Waals surface area contributed by atoms with E-state index >= 15 is 0 Å². The van der Waals surface area contributed by atoms with Crippen molar-refractivity contribution in [2.24, 2.45) is 0 Å². The first-order chi connectivity index (χ1) is 6.21. The Morgan fingerprint density at radius 1 is 0.812 bits per heavy atom. The number of hydrogen-bond donors (Lipinski definition) is 0. The number of alkyl halides is 6. The van der Waals surface area contributed by atoms with Crippen LogP contribution in [-0.4, -0.2) is 0 Å². The number of halogens is 6. The molecule has 0 spiro atoms. The number of benzene rings is 1. The minimum Gasteiger partial charge on any atom is -0.358 e. The summed E-state index contributed by atoms with van der Waals surface area (Å²) in [6, 6.07) is 2.79. The van der Waals surface area contributed by atoms with Crippen LogP contribution < -0.4 is 0 Å². The molecule has 0 aromatic heterocycles. The molecule has 0 amide bonds. The predicted octanol–water partition coefficient (Wildman–Crippen LogP) is 3.97. The van der Waals surface area contributed by atoms with Gasteiger partial charge in [-0.25, -0.2) is 0 Å². The first-order valence-electron chi connectivity index (χ1n) is 3.37. The molecule has 7 heteroatoms. The van der Waals surface area contributed by atoms with E-state index < -0.39 is 23.5 Å². The van der Waals surface area contributed by atoms with Crippen molar-refractivity contribution < 1.29 is 57.5 Å². The molecule has 1 rings (SSSR count). The van der Waals surface area contributed by atoms with Crippen molar-refractivity contribution in [1.29, 1.82) is 0 Å². The molecule has 0 aliphatic rings. The predicted molar refractivity (Wildman–Crippen MR) is 41.7 cm³/mol. The molecule has 16 heavy (non-hydrogen) atoms. The van der Waals surface area contributed by atoms with E-state index in [-0.39, 0.29) is 44.6 Å². The molecule has 0 aliphatic carbocycles. The SMILES string of the molecule is FC(F)(F)c1c[c-]cc(C(F)(F)F)c1.[CH3-].[U+2]. The maximum Gasteiger partial charge on any atom is 2.00 e. The van der Waals surface area contributed by atoms with Gasteiger partial charge in [0.05, 0.1) is 0 Å². The van der Waals surface area contributed by atoms with Crippen LogP contribution in [0.2, 0.25) is 0 Å². The van der Waals surface area contributed by atoms with Crippen molar-refractivity contribution in [3.63, 3.8) is 0 Å². The third kappa shape index (κ3) is 4.79. The Morgan fingerprint density at radius 2 is 1.12 bits per heavy atom. The summed E-state index contributed by atoms with van der Waals surface area (Å²) < 4.78 is 71.8. The summed E-state index contributed by atoms with van der Waals surface area (Å²) in [5.74, 6) is 0. The Balaban J connectivity index is 0. The molecular weight excluding hydrogens is 460 g/mol. The van der Waals surface area contributed by atoms with E-state index in [9.17, 15) is 26.3 Å². The van der Waals surface area contributed by atoms with E-state index in [1.807, 2.05) is 0 Å². The van der Waals surface area contributed by atoms with E-state index in [0.717, 1.165) is 0 Å². The van der Waals surface area contributed by atoms with Gasteiger partial charge in [0.2, 0.25) is 0 Å². The smallest absolute Gasteiger partial charge is 0.358 e. The Hall–Kier alpha value is -0.148. The van der Waals surface area contributed by atoms with E-state index in [0.29, 0.717) is 12.1 Å². The maximum atomic E-state index is 12.0. The van der Waals surface area contributed by atoms with Crippen LogP contribution in [0.1, 0.15) is 11.1 Å². The normalized spacial score (nSPS) is 11.4. The molecule has 0 nitrogen and oxygen atoms in total. The summed E-state index contributed by atoms with van der Waals surface area (Å²) in [5, 5.41) is 0. The molecule has 0 saturated carbocycles. The number of hydrogen-bond acceptors (Lipinski definition) is 0. The molecule has 0 heterocycles. The summed E-state index contributed by atoms with van der Waals surface area (Å²) in [6.07, 6.45) is -9.56. The first-order valence-corrected chi connectivity index (χ1v) is 3.37. The molecule has 1 aromatic carbocycles. The summed E-state index contributed by atoms with van der Waals surface area (Å²) in [5.41, 5.74) is -2.71. The van der Waals surface area contributed by atoms with Crippen LogP contribution in [-0.2, 0) is 12.4 Å². The summed E-state index contributed by atoms with van der Waals surface area (Å²) >= 11 is 0. The fraction of sp³-hybridized carbons (Fsp3) is 0.222. The molecule has 0 N–H and O–H groups in total. The van der Waals surface area contributed by atoms with Crippen molar-refractivity contribution in [3.8, 4) is 0 Å². The Morgan fingerprint density at radius 3 is 1.38 bits per heavy atom. The topological polar surface area (TPSA) is 0 Å². The fourth-order valence-electron chi connectivity index (χ4n) is 0.799. The van der Waals surface area contributed by atoms with Crippen molar-refractivity contribution in [1.82, 2.24) is 0 Å². The van der Waals surface area contributed by atoms with Crippen LogP contribution in [0.4, 0.5) is 26.3 Å². The van der Waals surface area contributed by atoms with Crippen molar-refractivity contribution in [2.45, 2.75) is 12.4 Å². The second-order valence-corrected chi connectivity index (χ2v) is 2.51. The summed E-state index contributed by atoms with van der Waals surface area (Å²) in [4.78, 5) is 0. The minimum atomic E-state index is -4.78. The average Bonchev–Trinajstić information content (AvgIpc) is 2.01. The molecule has 0 unspecified atom stereocenters. The van der Waals surface area contributed by atoms with Crippen LogP contribution in [0.25, 0.3) is 0 Å². The zero-order chi connectivity index (χ0) is 11.0. The zero-order valence-corrected chi connectivity index (χ0v) is 12.2. The van der Waals surface area contributed by atoms with Gasteiger partial charge >= 0.3 is 43.5 Å². The van der Waals surface area contributed by atoms with Crippen LogP contribution in [0, 0.1) is 44.6 Å². The quantitative estimate of drug-likeness (QED) is 0.401. The summed E-state index contributed by atoms with van der Waals surface area (Å²) in [7, 11) is 0. The van der Waals surface area contributed by atoms with Gasteiger partial charge in [0.15, 0.2) is 0 Å². The van der Waals surface area contributed by atoms with Gasteiger partial charge in [-0.3, -0.25) is 0 Å². The molecular formula is C9H6F6U.